The van der Waals surface area contributed by atoms with Crippen LogP contribution < -0.4 is 0 Å². The largest absolute Gasteiger partial charge is 0.237 e. The molecule has 4 heteroatoms. The second-order valence-corrected chi connectivity index (χ2v) is 5.95. The minimum Gasteiger partial charge on any atom is -0.237 e. The first-order chi connectivity index (χ1) is 11.4. The van der Waals surface area contributed by atoms with Gasteiger partial charge in [-0.1, -0.05) is 0 Å². The highest BCUT2D eigenvalue weighted by Crippen LogP contribution is 2.32. The molecule has 4 heterocycles. The zero-order valence-electron chi connectivity index (χ0n) is 12.5. The number of pyridine rings is 4. The summed E-state index contributed by atoms with van der Waals surface area (Å²) in [5, 5.41) is 2.18. The lowest BCUT2D eigenvalue weighted by molar-refractivity contribution is 0.834. The molecule has 4 nitrogen and oxygen atoms in total. The number of hydrogen-bond donors (Lipinski definition) is 0. The minimum absolute atomic E-state index is 0.780. The van der Waals surface area contributed by atoms with Gasteiger partial charge in [-0.3, -0.25) is 0 Å². The molecule has 0 saturated heterocycles. The van der Waals surface area contributed by atoms with E-state index >= 15 is 0 Å². The van der Waals surface area contributed by atoms with Gasteiger partial charge in [-0.15, -0.1) is 0 Å². The summed E-state index contributed by atoms with van der Waals surface area (Å²) >= 11 is 0. The lowest BCUT2D eigenvalue weighted by Crippen LogP contribution is -1.98. The van der Waals surface area contributed by atoms with Crippen molar-refractivity contribution in [2.75, 3.05) is 0 Å². The normalized spacial score (nSPS) is 13.6. The van der Waals surface area contributed by atoms with Crippen LogP contribution in [0.2, 0.25) is 0 Å². The van der Waals surface area contributed by atoms with Crippen molar-refractivity contribution in [1.82, 2.24) is 19.9 Å². The first kappa shape index (κ1) is 12.6. The second-order valence-electron chi connectivity index (χ2n) is 5.95. The lowest BCUT2D eigenvalue weighted by Gasteiger charge is -2.09. The van der Waals surface area contributed by atoms with Crippen LogP contribution in [0, 0.1) is 0 Å². The van der Waals surface area contributed by atoms with Gasteiger partial charge in [-0.2, -0.15) is 0 Å². The van der Waals surface area contributed by atoms with Gasteiger partial charge in [0.25, 0.3) is 0 Å². The maximum atomic E-state index is 4.82. The Kier molecular flexibility index (Phi) is 2.65. The summed E-state index contributed by atoms with van der Waals surface area (Å²) in [6, 6.07) is 12.5. The molecule has 0 saturated carbocycles. The Hall–Kier alpha value is -2.88. The standard InChI is InChI=1S/C19H14N4/c1-4-12-10-14-6-2-8-20-18(14)22-16(12)17-13(5-1)11-15-7-3-9-21-19(15)23-17/h2-3,6-11H,1,4-5H2. The molecule has 4 aromatic rings. The third-order valence-electron chi connectivity index (χ3n) is 4.45. The lowest BCUT2D eigenvalue weighted by atomic mass is 10.1. The van der Waals surface area contributed by atoms with Crippen LogP contribution in [0.1, 0.15) is 17.5 Å². The van der Waals surface area contributed by atoms with Gasteiger partial charge in [0.15, 0.2) is 11.3 Å². The van der Waals surface area contributed by atoms with E-state index in [2.05, 4.69) is 34.2 Å². The molecule has 0 spiro atoms. The van der Waals surface area contributed by atoms with Crippen LogP contribution in [0.15, 0.2) is 48.8 Å². The zero-order chi connectivity index (χ0) is 15.2. The molecule has 0 atom stereocenters. The highest BCUT2D eigenvalue weighted by atomic mass is 14.9. The SMILES string of the molecule is c1cnc2nc3c(cc2c1)CCCc1cc2cccnc2nc1-3. The summed E-state index contributed by atoms with van der Waals surface area (Å²) in [5.41, 5.74) is 6.01. The summed E-state index contributed by atoms with van der Waals surface area (Å²) < 4.78 is 0. The molecule has 0 aromatic carbocycles. The molecule has 0 fully saturated rings. The number of rotatable bonds is 0. The summed E-state index contributed by atoms with van der Waals surface area (Å²) in [6.07, 6.45) is 6.73. The van der Waals surface area contributed by atoms with Crippen molar-refractivity contribution in [3.05, 3.63) is 59.9 Å². The Morgan fingerprint density at radius 2 is 1.22 bits per heavy atom. The van der Waals surface area contributed by atoms with E-state index in [-0.39, 0.29) is 0 Å². The van der Waals surface area contributed by atoms with Crippen LogP contribution in [-0.2, 0) is 12.8 Å². The predicted molar refractivity (Wildman–Crippen MR) is 90.1 cm³/mol. The van der Waals surface area contributed by atoms with Gasteiger partial charge in [-0.05, 0) is 66.8 Å². The average Bonchev–Trinajstić information content (AvgIpc) is 2.76. The monoisotopic (exact) mass is 298 g/mol. The van der Waals surface area contributed by atoms with E-state index in [0.717, 1.165) is 52.7 Å². The molecule has 5 rings (SSSR count). The molecule has 23 heavy (non-hydrogen) atoms. The number of nitrogens with zero attached hydrogens (tertiary/aromatic N) is 4. The zero-order valence-corrected chi connectivity index (χ0v) is 12.5. The molecule has 1 aliphatic rings. The van der Waals surface area contributed by atoms with E-state index in [0.29, 0.717) is 0 Å². The molecule has 0 amide bonds. The summed E-state index contributed by atoms with van der Waals surface area (Å²) in [6.45, 7) is 0. The topological polar surface area (TPSA) is 51.6 Å². The Bertz CT molecular complexity index is 970. The molecule has 0 radical (unpaired) electrons. The first-order valence-electron chi connectivity index (χ1n) is 7.88. The smallest absolute Gasteiger partial charge is 0.159 e. The summed E-state index contributed by atoms with van der Waals surface area (Å²) in [4.78, 5) is 18.4. The highest BCUT2D eigenvalue weighted by Gasteiger charge is 2.19. The Balaban J connectivity index is 1.85. The molecule has 0 aliphatic heterocycles. The van der Waals surface area contributed by atoms with Gasteiger partial charge in [0.2, 0.25) is 0 Å². The quantitative estimate of drug-likeness (QED) is 0.496. The fourth-order valence-corrected chi connectivity index (χ4v) is 3.36. The van der Waals surface area contributed by atoms with Crippen molar-refractivity contribution >= 4 is 22.1 Å². The van der Waals surface area contributed by atoms with E-state index in [1.807, 2.05) is 12.1 Å². The Morgan fingerprint density at radius 1 is 0.696 bits per heavy atom. The van der Waals surface area contributed by atoms with E-state index in [4.69, 9.17) is 9.97 Å². The molecular weight excluding hydrogens is 284 g/mol. The summed E-state index contributed by atoms with van der Waals surface area (Å²) in [5.74, 6) is 0. The highest BCUT2D eigenvalue weighted by molar-refractivity contribution is 5.84. The molecule has 0 N–H and O–H groups in total. The fourth-order valence-electron chi connectivity index (χ4n) is 3.36. The average molecular weight is 298 g/mol. The third-order valence-corrected chi connectivity index (χ3v) is 4.45. The van der Waals surface area contributed by atoms with Gasteiger partial charge >= 0.3 is 0 Å². The minimum atomic E-state index is 0.780. The van der Waals surface area contributed by atoms with Crippen LogP contribution in [0.25, 0.3) is 33.5 Å². The van der Waals surface area contributed by atoms with Crippen molar-refractivity contribution in [2.45, 2.75) is 19.3 Å². The summed E-state index contributed by atoms with van der Waals surface area (Å²) in [7, 11) is 0. The van der Waals surface area contributed by atoms with E-state index in [1.54, 1.807) is 12.4 Å². The Morgan fingerprint density at radius 3 is 1.74 bits per heavy atom. The van der Waals surface area contributed by atoms with Crippen LogP contribution in [0.5, 0.6) is 0 Å². The van der Waals surface area contributed by atoms with Gasteiger partial charge in [-0.25, -0.2) is 19.9 Å². The molecular formula is C19H14N4. The maximum Gasteiger partial charge on any atom is 0.159 e. The molecule has 0 unspecified atom stereocenters. The fraction of sp³-hybridized carbons (Fsp3) is 0.158. The predicted octanol–water partition coefficient (Wildman–Crippen LogP) is 3.73. The van der Waals surface area contributed by atoms with Gasteiger partial charge < -0.3 is 0 Å². The molecule has 1 aliphatic carbocycles. The first-order valence-corrected chi connectivity index (χ1v) is 7.88. The number of hydrogen-bond acceptors (Lipinski definition) is 4. The van der Waals surface area contributed by atoms with Crippen molar-refractivity contribution in [3.63, 3.8) is 0 Å². The van der Waals surface area contributed by atoms with E-state index < -0.39 is 0 Å². The Labute approximate surface area is 133 Å². The number of fused-ring (bicyclic) bond motifs is 5. The van der Waals surface area contributed by atoms with Crippen molar-refractivity contribution in [2.24, 2.45) is 0 Å². The third kappa shape index (κ3) is 1.99. The second kappa shape index (κ2) is 4.81. The number of aromatic nitrogens is 4. The van der Waals surface area contributed by atoms with Crippen molar-refractivity contribution < 1.29 is 0 Å². The van der Waals surface area contributed by atoms with Crippen molar-refractivity contribution in [1.29, 1.82) is 0 Å². The van der Waals surface area contributed by atoms with E-state index in [9.17, 15) is 0 Å². The van der Waals surface area contributed by atoms with Crippen LogP contribution >= 0.6 is 0 Å². The molecule has 0 bridgehead atoms. The van der Waals surface area contributed by atoms with Crippen molar-refractivity contribution in [3.8, 4) is 11.4 Å². The molecule has 110 valence electrons. The van der Waals surface area contributed by atoms with Crippen LogP contribution in [0.3, 0.4) is 0 Å². The number of aryl methyl sites for hydroxylation is 2. The van der Waals surface area contributed by atoms with Gasteiger partial charge in [0, 0.05) is 23.2 Å². The van der Waals surface area contributed by atoms with Gasteiger partial charge in [0.1, 0.15) is 0 Å². The maximum absolute atomic E-state index is 4.82. The molecule has 4 aromatic heterocycles. The van der Waals surface area contributed by atoms with Gasteiger partial charge in [0.05, 0.1) is 11.4 Å². The van der Waals surface area contributed by atoms with Crippen LogP contribution in [0.4, 0.5) is 0 Å². The van der Waals surface area contributed by atoms with Crippen LogP contribution in [-0.4, -0.2) is 19.9 Å². The van der Waals surface area contributed by atoms with E-state index in [1.165, 1.54) is 11.1 Å².